The first kappa shape index (κ1) is 14.3. The molecule has 1 aromatic carbocycles. The van der Waals surface area contributed by atoms with E-state index in [1.807, 2.05) is 6.92 Å². The molecule has 0 aromatic heterocycles. The minimum atomic E-state index is -0.962. The number of carbonyl (C=O) groups is 1. The van der Waals surface area contributed by atoms with E-state index >= 15 is 0 Å². The van der Waals surface area contributed by atoms with Crippen molar-refractivity contribution >= 4 is 17.3 Å². The second kappa shape index (κ2) is 6.86. The average Bonchev–Trinajstić information content (AvgIpc) is 2.35. The van der Waals surface area contributed by atoms with E-state index in [0.29, 0.717) is 12.3 Å². The van der Waals surface area contributed by atoms with Crippen molar-refractivity contribution in [2.45, 2.75) is 13.3 Å². The van der Waals surface area contributed by atoms with Gasteiger partial charge in [-0.05, 0) is 31.5 Å². The number of rotatable bonds is 7. The summed E-state index contributed by atoms with van der Waals surface area (Å²) in [4.78, 5) is 12.9. The van der Waals surface area contributed by atoms with Gasteiger partial charge in [-0.3, -0.25) is 0 Å². The molecule has 3 N–H and O–H groups in total. The highest BCUT2D eigenvalue weighted by Crippen LogP contribution is 2.24. The van der Waals surface area contributed by atoms with Crippen molar-refractivity contribution in [1.82, 2.24) is 0 Å². The number of carboxylic acid groups (broad SMARTS) is 1. The molecule has 0 aliphatic heterocycles. The number of nitrogens with zero attached hydrogens (tertiary/aromatic N) is 1. The van der Waals surface area contributed by atoms with Crippen molar-refractivity contribution in [3.8, 4) is 0 Å². The van der Waals surface area contributed by atoms with Gasteiger partial charge in [-0.2, -0.15) is 0 Å². The van der Waals surface area contributed by atoms with Crippen molar-refractivity contribution in [2.24, 2.45) is 0 Å². The Bertz CT molecular complexity index is 407. The van der Waals surface area contributed by atoms with Crippen molar-refractivity contribution in [1.29, 1.82) is 0 Å². The van der Waals surface area contributed by atoms with Gasteiger partial charge < -0.3 is 20.5 Å². The summed E-state index contributed by atoms with van der Waals surface area (Å²) in [6.07, 6.45) is 0.907. The van der Waals surface area contributed by atoms with Crippen molar-refractivity contribution in [3.05, 3.63) is 23.8 Å². The minimum Gasteiger partial charge on any atom is -0.478 e. The van der Waals surface area contributed by atoms with Crippen molar-refractivity contribution in [2.75, 3.05) is 37.4 Å². The normalized spacial score (nSPS) is 10.3. The van der Waals surface area contributed by atoms with Crippen LogP contribution in [0.2, 0.25) is 0 Å². The maximum absolute atomic E-state index is 10.8. The Balaban J connectivity index is 2.82. The van der Waals surface area contributed by atoms with Crippen LogP contribution in [-0.2, 0) is 4.74 Å². The third-order valence-corrected chi connectivity index (χ3v) is 2.77. The van der Waals surface area contributed by atoms with Gasteiger partial charge in [0, 0.05) is 26.8 Å². The molecule has 0 heterocycles. The van der Waals surface area contributed by atoms with E-state index in [9.17, 15) is 4.79 Å². The quantitative estimate of drug-likeness (QED) is 0.572. The smallest absolute Gasteiger partial charge is 0.335 e. The molecule has 0 atom stereocenters. The Morgan fingerprint density at radius 3 is 2.72 bits per heavy atom. The summed E-state index contributed by atoms with van der Waals surface area (Å²) >= 11 is 0. The molecule has 1 rings (SSSR count). The molecule has 1 aromatic rings. The maximum atomic E-state index is 10.8. The molecule has 0 bridgehead atoms. The molecular formula is C13H20N2O3. The molecule has 0 amide bonds. The molecule has 0 saturated heterocycles. The van der Waals surface area contributed by atoms with Crippen LogP contribution < -0.4 is 10.6 Å². The number of ether oxygens (including phenoxy) is 1. The minimum absolute atomic E-state index is 0.212. The number of aromatic carboxylic acids is 1. The maximum Gasteiger partial charge on any atom is 0.335 e. The van der Waals surface area contributed by atoms with Crippen LogP contribution in [0.25, 0.3) is 0 Å². The fourth-order valence-corrected chi connectivity index (χ4v) is 1.82. The number of hydrogen-bond acceptors (Lipinski definition) is 4. The molecule has 100 valence electrons. The van der Waals surface area contributed by atoms with Gasteiger partial charge in [0.15, 0.2) is 0 Å². The van der Waals surface area contributed by atoms with E-state index in [2.05, 4.69) is 4.90 Å². The molecule has 0 spiro atoms. The molecule has 5 heteroatoms. The Kier molecular flexibility index (Phi) is 5.45. The number of nitrogens with two attached hydrogens (primary N) is 1. The Labute approximate surface area is 107 Å². The van der Waals surface area contributed by atoms with Crippen molar-refractivity contribution in [3.63, 3.8) is 0 Å². The van der Waals surface area contributed by atoms with Crippen LogP contribution in [0.5, 0.6) is 0 Å². The van der Waals surface area contributed by atoms with Gasteiger partial charge in [0.2, 0.25) is 0 Å². The first-order chi connectivity index (χ1) is 8.60. The number of anilines is 2. The lowest BCUT2D eigenvalue weighted by atomic mass is 10.1. The summed E-state index contributed by atoms with van der Waals surface area (Å²) < 4.78 is 5.02. The summed E-state index contributed by atoms with van der Waals surface area (Å²) in [6, 6.07) is 4.83. The van der Waals surface area contributed by atoms with E-state index < -0.39 is 5.97 Å². The molecule has 18 heavy (non-hydrogen) atoms. The van der Waals surface area contributed by atoms with Gasteiger partial charge in [-0.25, -0.2) is 4.79 Å². The van der Waals surface area contributed by atoms with Crippen LogP contribution in [0.4, 0.5) is 11.4 Å². The van der Waals surface area contributed by atoms with Crippen LogP contribution in [0, 0.1) is 0 Å². The van der Waals surface area contributed by atoms with Gasteiger partial charge >= 0.3 is 5.97 Å². The number of methoxy groups -OCH3 is 1. The molecule has 0 aliphatic carbocycles. The number of benzene rings is 1. The van der Waals surface area contributed by atoms with Crippen LogP contribution in [0.3, 0.4) is 0 Å². The first-order valence-corrected chi connectivity index (χ1v) is 5.96. The third-order valence-electron chi connectivity index (χ3n) is 2.77. The highest BCUT2D eigenvalue weighted by atomic mass is 16.5. The van der Waals surface area contributed by atoms with E-state index in [0.717, 1.165) is 25.2 Å². The molecule has 0 fully saturated rings. The molecule has 0 aliphatic rings. The van der Waals surface area contributed by atoms with Crippen LogP contribution in [-0.4, -0.2) is 37.9 Å². The zero-order valence-corrected chi connectivity index (χ0v) is 10.8. The van der Waals surface area contributed by atoms with E-state index in [-0.39, 0.29) is 5.56 Å². The van der Waals surface area contributed by atoms with Crippen LogP contribution in [0.15, 0.2) is 18.2 Å². The van der Waals surface area contributed by atoms with E-state index in [1.54, 1.807) is 19.2 Å². The predicted octanol–water partition coefficient (Wildman–Crippen LogP) is 1.83. The summed E-state index contributed by atoms with van der Waals surface area (Å²) in [5, 5.41) is 8.88. The van der Waals surface area contributed by atoms with Gasteiger partial charge in [-0.15, -0.1) is 0 Å². The lowest BCUT2D eigenvalue weighted by Crippen LogP contribution is -2.25. The van der Waals surface area contributed by atoms with Gasteiger partial charge in [0.25, 0.3) is 0 Å². The molecular weight excluding hydrogens is 232 g/mol. The number of hydrogen-bond donors (Lipinski definition) is 2. The average molecular weight is 252 g/mol. The van der Waals surface area contributed by atoms with Crippen LogP contribution in [0.1, 0.15) is 23.7 Å². The Morgan fingerprint density at radius 1 is 1.50 bits per heavy atom. The predicted molar refractivity (Wildman–Crippen MR) is 72.2 cm³/mol. The van der Waals surface area contributed by atoms with E-state index in [1.165, 1.54) is 6.07 Å². The Hall–Kier alpha value is -1.75. The highest BCUT2D eigenvalue weighted by Gasteiger charge is 2.10. The second-order valence-corrected chi connectivity index (χ2v) is 4.00. The molecule has 0 unspecified atom stereocenters. The fourth-order valence-electron chi connectivity index (χ4n) is 1.82. The number of nitrogen functional groups attached to an aromatic ring is 1. The lowest BCUT2D eigenvalue weighted by molar-refractivity contribution is 0.0697. The monoisotopic (exact) mass is 252 g/mol. The molecule has 0 radical (unpaired) electrons. The summed E-state index contributed by atoms with van der Waals surface area (Å²) in [6.45, 7) is 4.39. The van der Waals surface area contributed by atoms with Gasteiger partial charge in [0.1, 0.15) is 0 Å². The fraction of sp³-hybridized carbons (Fsp3) is 0.462. The van der Waals surface area contributed by atoms with Crippen LogP contribution >= 0.6 is 0 Å². The van der Waals surface area contributed by atoms with Crippen molar-refractivity contribution < 1.29 is 14.6 Å². The SMILES string of the molecule is CCN(CCCOC)c1ccc(C(=O)O)cc1N. The topological polar surface area (TPSA) is 75.8 Å². The number of carboxylic acids is 1. The first-order valence-electron chi connectivity index (χ1n) is 5.96. The highest BCUT2D eigenvalue weighted by molar-refractivity contribution is 5.90. The zero-order chi connectivity index (χ0) is 13.5. The second-order valence-electron chi connectivity index (χ2n) is 4.00. The molecule has 0 saturated carbocycles. The molecule has 5 nitrogen and oxygen atoms in total. The summed E-state index contributed by atoms with van der Waals surface area (Å²) in [5.41, 5.74) is 7.48. The standard InChI is InChI=1S/C13H20N2O3/c1-3-15(7-4-8-18-2)12-6-5-10(13(16)17)9-11(12)14/h5-6,9H,3-4,7-8,14H2,1-2H3,(H,16,17). The summed E-state index contributed by atoms with van der Waals surface area (Å²) in [5.74, 6) is -0.962. The summed E-state index contributed by atoms with van der Waals surface area (Å²) in [7, 11) is 1.67. The lowest BCUT2D eigenvalue weighted by Gasteiger charge is -2.24. The Morgan fingerprint density at radius 2 is 2.22 bits per heavy atom. The zero-order valence-electron chi connectivity index (χ0n) is 10.8. The van der Waals surface area contributed by atoms with E-state index in [4.69, 9.17) is 15.6 Å². The van der Waals surface area contributed by atoms with Gasteiger partial charge in [-0.1, -0.05) is 0 Å². The largest absolute Gasteiger partial charge is 0.478 e. The third kappa shape index (κ3) is 3.63. The van der Waals surface area contributed by atoms with Gasteiger partial charge in [0.05, 0.1) is 16.9 Å².